The summed E-state index contributed by atoms with van der Waals surface area (Å²) in [5, 5.41) is 24.6. The first-order chi connectivity index (χ1) is 14.8. The Kier molecular flexibility index (Phi) is 19.2. The Balaban J connectivity index is 3.41. The maximum atomic E-state index is 11.2. The highest BCUT2D eigenvalue weighted by atomic mass is 16.4. The molecule has 0 aromatic rings. The van der Waals surface area contributed by atoms with Gasteiger partial charge in [0.2, 0.25) is 0 Å². The third-order valence-electron chi connectivity index (χ3n) is 5.98. The number of nitrogens with one attached hydrogen (secondary N) is 1. The molecule has 0 aliphatic heterocycles. The molecule has 31 heavy (non-hydrogen) atoms. The van der Waals surface area contributed by atoms with Crippen LogP contribution < -0.4 is 10.4 Å². The number of quaternary nitrogens is 1. The van der Waals surface area contributed by atoms with Crippen LogP contribution in [0, 0.1) is 0 Å². The Hall–Kier alpha value is -0.910. The van der Waals surface area contributed by atoms with Crippen LogP contribution in [0.25, 0.3) is 0 Å². The summed E-state index contributed by atoms with van der Waals surface area (Å²) in [6.45, 7) is 4.11. The summed E-state index contributed by atoms with van der Waals surface area (Å²) in [5.41, 5.74) is 0. The Bertz CT molecular complexity index is 446. The van der Waals surface area contributed by atoms with Crippen LogP contribution in [0.2, 0.25) is 0 Å². The zero-order chi connectivity index (χ0) is 23.4. The quantitative estimate of drug-likeness (QED) is 0.150. The number of allylic oxidation sites excluding steroid dienone is 1. The molecule has 0 aliphatic carbocycles. The number of likely N-dealkylation sites (N-methyl/N-ethyl adjacent to an activating group) is 1. The molecule has 0 aromatic carbocycles. The number of nitrogens with zero attached hydrogens (tertiary/aromatic N) is 1. The van der Waals surface area contributed by atoms with Crippen LogP contribution in [0.3, 0.4) is 0 Å². The number of carbonyl (C=O) groups is 1. The van der Waals surface area contributed by atoms with E-state index < -0.39 is 12.0 Å². The fraction of sp³-hybridized carbons (Fsp3) is 0.885. The summed E-state index contributed by atoms with van der Waals surface area (Å²) in [6, 6.07) is -0.433. The lowest BCUT2D eigenvalue weighted by atomic mass is 10.1. The maximum Gasteiger partial charge on any atom is 0.129 e. The van der Waals surface area contributed by atoms with E-state index in [-0.39, 0.29) is 6.10 Å². The molecule has 0 radical (unpaired) electrons. The van der Waals surface area contributed by atoms with Crippen molar-refractivity contribution >= 4 is 5.97 Å². The van der Waals surface area contributed by atoms with Crippen LogP contribution >= 0.6 is 0 Å². The first-order valence-corrected chi connectivity index (χ1v) is 12.8. The molecule has 0 rings (SSSR count). The number of aliphatic hydroxyl groups is 1. The third kappa shape index (κ3) is 19.5. The van der Waals surface area contributed by atoms with Crippen LogP contribution in [-0.2, 0) is 4.79 Å². The number of carbonyl (C=O) groups excluding carboxylic acids is 1. The molecular formula is C26H52N2O3. The van der Waals surface area contributed by atoms with Gasteiger partial charge in [-0.05, 0) is 51.6 Å². The minimum Gasteiger partial charge on any atom is -0.544 e. The average Bonchev–Trinajstić information content (AvgIpc) is 2.69. The highest BCUT2D eigenvalue weighted by Gasteiger charge is 2.24. The molecule has 0 spiro atoms. The molecule has 1 unspecified atom stereocenters. The van der Waals surface area contributed by atoms with Crippen LogP contribution in [0.15, 0.2) is 12.2 Å². The molecule has 2 atom stereocenters. The number of hydrogen-bond acceptors (Lipinski definition) is 4. The number of aliphatic carboxylic acids is 1. The topological polar surface area (TPSA) is 72.4 Å². The lowest BCUT2D eigenvalue weighted by Crippen LogP contribution is -2.54. The highest BCUT2D eigenvalue weighted by Crippen LogP contribution is 2.11. The number of hydrogen-bond donors (Lipinski definition) is 2. The summed E-state index contributed by atoms with van der Waals surface area (Å²) in [4.78, 5) is 11.2. The van der Waals surface area contributed by atoms with Gasteiger partial charge in [-0.25, -0.2) is 0 Å². The first kappa shape index (κ1) is 30.1. The van der Waals surface area contributed by atoms with Crippen molar-refractivity contribution in [2.45, 2.75) is 115 Å². The fourth-order valence-corrected chi connectivity index (χ4v) is 3.88. The number of unbranched alkanes of at least 4 members (excludes halogenated alkanes) is 9. The van der Waals surface area contributed by atoms with Crippen LogP contribution in [0.1, 0.15) is 103 Å². The lowest BCUT2D eigenvalue weighted by molar-refractivity contribution is -0.889. The number of aliphatic hydroxyl groups excluding tert-OH is 1. The molecule has 0 fully saturated rings. The van der Waals surface area contributed by atoms with E-state index in [0.717, 1.165) is 45.2 Å². The van der Waals surface area contributed by atoms with Crippen molar-refractivity contribution in [2.24, 2.45) is 0 Å². The number of carboxylic acid groups (broad SMARTS) is 1. The van der Waals surface area contributed by atoms with E-state index in [1.807, 2.05) is 21.1 Å². The van der Waals surface area contributed by atoms with Crippen molar-refractivity contribution in [1.29, 1.82) is 0 Å². The number of carboxylic acids is 1. The SMILES string of the molecule is CCCCCC[C@@H](O)C/C=C\CCCCCCCCNCCCC(C(=O)[O-])[N+](C)(C)C. The molecule has 0 amide bonds. The van der Waals surface area contributed by atoms with Crippen molar-refractivity contribution in [3.8, 4) is 0 Å². The van der Waals surface area contributed by atoms with Crippen molar-refractivity contribution in [3.05, 3.63) is 12.2 Å². The van der Waals surface area contributed by atoms with E-state index in [9.17, 15) is 15.0 Å². The first-order valence-electron chi connectivity index (χ1n) is 12.8. The van der Waals surface area contributed by atoms with Gasteiger partial charge >= 0.3 is 0 Å². The molecule has 5 nitrogen and oxygen atoms in total. The third-order valence-corrected chi connectivity index (χ3v) is 5.98. The van der Waals surface area contributed by atoms with Gasteiger partial charge in [-0.3, -0.25) is 0 Å². The largest absolute Gasteiger partial charge is 0.544 e. The molecular weight excluding hydrogens is 388 g/mol. The predicted molar refractivity (Wildman–Crippen MR) is 130 cm³/mol. The van der Waals surface area contributed by atoms with Gasteiger partial charge in [0.15, 0.2) is 0 Å². The van der Waals surface area contributed by atoms with Gasteiger partial charge in [-0.1, -0.05) is 70.4 Å². The predicted octanol–water partition coefficient (Wildman–Crippen LogP) is 4.19. The molecule has 0 saturated heterocycles. The van der Waals surface area contributed by atoms with Gasteiger partial charge in [0.05, 0.1) is 33.2 Å². The second kappa shape index (κ2) is 19.8. The lowest BCUT2D eigenvalue weighted by Gasteiger charge is -2.34. The van der Waals surface area contributed by atoms with Gasteiger partial charge < -0.3 is 24.8 Å². The van der Waals surface area contributed by atoms with E-state index in [0.29, 0.717) is 10.9 Å². The summed E-state index contributed by atoms with van der Waals surface area (Å²) in [5.74, 6) is -0.946. The summed E-state index contributed by atoms with van der Waals surface area (Å²) >= 11 is 0. The van der Waals surface area contributed by atoms with E-state index in [2.05, 4.69) is 24.4 Å². The van der Waals surface area contributed by atoms with Crippen molar-refractivity contribution < 1.29 is 19.5 Å². The second-order valence-electron chi connectivity index (χ2n) is 9.96. The summed E-state index contributed by atoms with van der Waals surface area (Å²) in [7, 11) is 5.72. The Morgan fingerprint density at radius 1 is 0.871 bits per heavy atom. The van der Waals surface area contributed by atoms with Gasteiger partial charge in [-0.15, -0.1) is 0 Å². The van der Waals surface area contributed by atoms with Crippen LogP contribution in [0.5, 0.6) is 0 Å². The molecule has 0 heterocycles. The Morgan fingerprint density at radius 3 is 2.13 bits per heavy atom. The normalized spacial score (nSPS) is 14.2. The standard InChI is InChI=1S/C26H52N2O3/c1-5-6-7-15-19-24(29)20-16-13-11-9-8-10-12-14-17-22-27-23-18-21-25(26(30)31)28(2,3)4/h13,16,24-25,27,29H,5-12,14-15,17-23H2,1-4H3/b16-13-/t24-,25?/m1/s1. The number of rotatable bonds is 22. The zero-order valence-corrected chi connectivity index (χ0v) is 21.0. The van der Waals surface area contributed by atoms with Crippen LogP contribution in [0.4, 0.5) is 0 Å². The maximum absolute atomic E-state index is 11.2. The van der Waals surface area contributed by atoms with Gasteiger partial charge in [-0.2, -0.15) is 0 Å². The summed E-state index contributed by atoms with van der Waals surface area (Å²) in [6.07, 6.45) is 21.1. The molecule has 0 aromatic heterocycles. The second-order valence-corrected chi connectivity index (χ2v) is 9.96. The van der Waals surface area contributed by atoms with E-state index in [1.54, 1.807) is 0 Å². The Labute approximate surface area is 192 Å². The molecule has 0 aliphatic rings. The van der Waals surface area contributed by atoms with Gasteiger partial charge in [0.1, 0.15) is 6.04 Å². The van der Waals surface area contributed by atoms with Crippen LogP contribution in [-0.4, -0.2) is 61.9 Å². The smallest absolute Gasteiger partial charge is 0.129 e. The molecule has 5 heteroatoms. The van der Waals surface area contributed by atoms with E-state index >= 15 is 0 Å². The average molecular weight is 441 g/mol. The molecule has 0 saturated carbocycles. The molecule has 184 valence electrons. The van der Waals surface area contributed by atoms with Gasteiger partial charge in [0.25, 0.3) is 0 Å². The minimum atomic E-state index is -0.946. The zero-order valence-electron chi connectivity index (χ0n) is 21.0. The Morgan fingerprint density at radius 2 is 1.48 bits per heavy atom. The van der Waals surface area contributed by atoms with Gasteiger partial charge in [0, 0.05) is 6.42 Å². The minimum absolute atomic E-state index is 0.157. The van der Waals surface area contributed by atoms with E-state index in [1.165, 1.54) is 57.8 Å². The molecule has 2 N–H and O–H groups in total. The summed E-state index contributed by atoms with van der Waals surface area (Å²) < 4.78 is 0.416. The van der Waals surface area contributed by atoms with Crippen molar-refractivity contribution in [3.63, 3.8) is 0 Å². The van der Waals surface area contributed by atoms with E-state index in [4.69, 9.17) is 0 Å². The van der Waals surface area contributed by atoms with Crippen molar-refractivity contribution in [1.82, 2.24) is 5.32 Å². The molecule has 0 bridgehead atoms. The van der Waals surface area contributed by atoms with Crippen molar-refractivity contribution in [2.75, 3.05) is 34.2 Å². The monoisotopic (exact) mass is 440 g/mol. The fourth-order valence-electron chi connectivity index (χ4n) is 3.88. The highest BCUT2D eigenvalue weighted by molar-refractivity contribution is 5.69.